The maximum Gasteiger partial charge on any atom is 0.0590 e. The fraction of sp³-hybridized carbons (Fsp3) is 0.571. The molecule has 2 nitrogen and oxygen atoms in total. The molecule has 3 heteroatoms. The quantitative estimate of drug-likeness (QED) is 0.684. The second-order valence-corrected chi connectivity index (χ2v) is 4.53. The van der Waals surface area contributed by atoms with Crippen molar-refractivity contribution in [1.29, 1.82) is 0 Å². The van der Waals surface area contributed by atoms with Crippen LogP contribution in [-0.4, -0.2) is 26.3 Å². The van der Waals surface area contributed by atoms with Crippen molar-refractivity contribution < 1.29 is 4.74 Å². The van der Waals surface area contributed by atoms with E-state index >= 15 is 0 Å². The Kier molecular flexibility index (Phi) is 8.06. The number of unbranched alkanes of at least 4 members (excludes halogenated alkanes) is 1. The normalized spacial score (nSPS) is 10.7. The van der Waals surface area contributed by atoms with Crippen molar-refractivity contribution in [2.75, 3.05) is 26.3 Å². The van der Waals surface area contributed by atoms with E-state index in [-0.39, 0.29) is 0 Å². The van der Waals surface area contributed by atoms with Crippen LogP contribution >= 0.6 is 11.6 Å². The monoisotopic (exact) mass is 255 g/mol. The van der Waals surface area contributed by atoms with Crippen LogP contribution in [0.1, 0.15) is 25.3 Å². The number of halogens is 1. The van der Waals surface area contributed by atoms with Gasteiger partial charge < -0.3 is 10.1 Å². The van der Waals surface area contributed by atoms with Crippen molar-refractivity contribution >= 4 is 11.6 Å². The zero-order chi connectivity index (χ0) is 12.3. The minimum atomic E-state index is 0.797. The average molecular weight is 256 g/mol. The van der Waals surface area contributed by atoms with Crippen molar-refractivity contribution in [2.45, 2.75) is 26.2 Å². The molecule has 1 rings (SSSR count). The highest BCUT2D eigenvalue weighted by molar-refractivity contribution is 6.30. The van der Waals surface area contributed by atoms with Crippen LogP contribution in [0.4, 0.5) is 0 Å². The first-order chi connectivity index (χ1) is 8.33. The standard InChI is InChI=1S/C14H22ClNO/c1-2-3-11-17-12-10-16-9-8-13-4-6-14(15)7-5-13/h4-7,16H,2-3,8-12H2,1H3. The Labute approximate surface area is 109 Å². The van der Waals surface area contributed by atoms with Crippen molar-refractivity contribution in [1.82, 2.24) is 5.32 Å². The van der Waals surface area contributed by atoms with Gasteiger partial charge in [0.2, 0.25) is 0 Å². The largest absolute Gasteiger partial charge is 0.380 e. The van der Waals surface area contributed by atoms with E-state index in [4.69, 9.17) is 16.3 Å². The molecule has 0 aliphatic carbocycles. The van der Waals surface area contributed by atoms with Crippen LogP contribution in [0.3, 0.4) is 0 Å². The predicted molar refractivity (Wildman–Crippen MR) is 73.8 cm³/mol. The van der Waals surface area contributed by atoms with Crippen molar-refractivity contribution in [2.24, 2.45) is 0 Å². The molecular weight excluding hydrogens is 234 g/mol. The number of nitrogens with one attached hydrogen (secondary N) is 1. The molecule has 0 heterocycles. The highest BCUT2D eigenvalue weighted by atomic mass is 35.5. The molecule has 0 saturated heterocycles. The third kappa shape index (κ3) is 7.37. The molecule has 0 radical (unpaired) electrons. The summed E-state index contributed by atoms with van der Waals surface area (Å²) >= 11 is 5.82. The fourth-order valence-electron chi connectivity index (χ4n) is 1.50. The summed E-state index contributed by atoms with van der Waals surface area (Å²) in [6.45, 7) is 5.78. The van der Waals surface area contributed by atoms with Gasteiger partial charge in [0.1, 0.15) is 0 Å². The Morgan fingerprint density at radius 1 is 1.12 bits per heavy atom. The van der Waals surface area contributed by atoms with E-state index in [1.54, 1.807) is 0 Å². The molecule has 1 N–H and O–H groups in total. The minimum Gasteiger partial charge on any atom is -0.380 e. The first-order valence-electron chi connectivity index (χ1n) is 6.36. The first-order valence-corrected chi connectivity index (χ1v) is 6.73. The van der Waals surface area contributed by atoms with Gasteiger partial charge in [-0.2, -0.15) is 0 Å². The number of benzene rings is 1. The van der Waals surface area contributed by atoms with Crippen LogP contribution in [0.15, 0.2) is 24.3 Å². The fourth-order valence-corrected chi connectivity index (χ4v) is 1.63. The molecule has 0 fully saturated rings. The molecule has 17 heavy (non-hydrogen) atoms. The van der Waals surface area contributed by atoms with E-state index in [2.05, 4.69) is 24.4 Å². The summed E-state index contributed by atoms with van der Waals surface area (Å²) in [7, 11) is 0. The van der Waals surface area contributed by atoms with Gasteiger partial charge in [0.05, 0.1) is 6.61 Å². The van der Waals surface area contributed by atoms with Crippen LogP contribution in [0.25, 0.3) is 0 Å². The van der Waals surface area contributed by atoms with Crippen LogP contribution in [0, 0.1) is 0 Å². The Balaban J connectivity index is 1.95. The van der Waals surface area contributed by atoms with Crippen molar-refractivity contribution in [3.05, 3.63) is 34.9 Å². The molecule has 0 amide bonds. The molecule has 1 aromatic rings. The van der Waals surface area contributed by atoms with E-state index in [0.717, 1.165) is 44.2 Å². The third-order valence-corrected chi connectivity index (χ3v) is 2.82. The van der Waals surface area contributed by atoms with Gasteiger partial charge in [0.15, 0.2) is 0 Å². The lowest BCUT2D eigenvalue weighted by molar-refractivity contribution is 0.133. The summed E-state index contributed by atoms with van der Waals surface area (Å²) in [5.41, 5.74) is 1.31. The highest BCUT2D eigenvalue weighted by Crippen LogP contribution is 2.09. The van der Waals surface area contributed by atoms with E-state index in [9.17, 15) is 0 Å². The molecular formula is C14H22ClNO. The number of hydrogen-bond donors (Lipinski definition) is 1. The molecule has 0 unspecified atom stereocenters. The molecule has 96 valence electrons. The van der Waals surface area contributed by atoms with E-state index < -0.39 is 0 Å². The topological polar surface area (TPSA) is 21.3 Å². The summed E-state index contributed by atoms with van der Waals surface area (Å²) in [5, 5.41) is 4.16. The van der Waals surface area contributed by atoms with Gasteiger partial charge in [-0.25, -0.2) is 0 Å². The molecule has 0 bridgehead atoms. The zero-order valence-corrected chi connectivity index (χ0v) is 11.3. The Bertz CT molecular complexity index is 287. The van der Waals surface area contributed by atoms with Crippen LogP contribution in [0.5, 0.6) is 0 Å². The van der Waals surface area contributed by atoms with Crippen LogP contribution in [0.2, 0.25) is 5.02 Å². The lowest BCUT2D eigenvalue weighted by atomic mass is 10.1. The Hall–Kier alpha value is -0.570. The van der Waals surface area contributed by atoms with Gasteiger partial charge in [0.25, 0.3) is 0 Å². The minimum absolute atomic E-state index is 0.797. The summed E-state index contributed by atoms with van der Waals surface area (Å²) in [6.07, 6.45) is 3.39. The highest BCUT2D eigenvalue weighted by Gasteiger charge is 1.93. The molecule has 0 spiro atoms. The summed E-state index contributed by atoms with van der Waals surface area (Å²) in [5.74, 6) is 0. The van der Waals surface area contributed by atoms with E-state index in [0.29, 0.717) is 0 Å². The zero-order valence-electron chi connectivity index (χ0n) is 10.5. The molecule has 0 saturated carbocycles. The second kappa shape index (κ2) is 9.46. The van der Waals surface area contributed by atoms with Gasteiger partial charge in [0, 0.05) is 18.2 Å². The smallest absolute Gasteiger partial charge is 0.0590 e. The molecule has 0 aromatic heterocycles. The van der Waals surface area contributed by atoms with Crippen LogP contribution < -0.4 is 5.32 Å². The first kappa shape index (κ1) is 14.5. The Morgan fingerprint density at radius 2 is 1.88 bits per heavy atom. The second-order valence-electron chi connectivity index (χ2n) is 4.09. The summed E-state index contributed by atoms with van der Waals surface area (Å²) in [6, 6.07) is 8.01. The number of ether oxygens (including phenoxy) is 1. The number of rotatable bonds is 9. The molecule has 0 aliphatic rings. The Morgan fingerprint density at radius 3 is 2.59 bits per heavy atom. The van der Waals surface area contributed by atoms with Gasteiger partial charge in [-0.15, -0.1) is 0 Å². The molecule has 0 atom stereocenters. The predicted octanol–water partition coefficient (Wildman–Crippen LogP) is 3.29. The summed E-state index contributed by atoms with van der Waals surface area (Å²) in [4.78, 5) is 0. The SMILES string of the molecule is CCCCOCCNCCc1ccc(Cl)cc1. The van der Waals surface area contributed by atoms with Gasteiger partial charge in [-0.1, -0.05) is 37.1 Å². The average Bonchev–Trinajstić information content (AvgIpc) is 2.35. The van der Waals surface area contributed by atoms with Crippen molar-refractivity contribution in [3.8, 4) is 0 Å². The van der Waals surface area contributed by atoms with Gasteiger partial charge in [-0.05, 0) is 37.1 Å². The summed E-state index contributed by atoms with van der Waals surface area (Å²) < 4.78 is 5.46. The number of hydrogen-bond acceptors (Lipinski definition) is 2. The van der Waals surface area contributed by atoms with E-state index in [1.807, 2.05) is 12.1 Å². The molecule has 1 aromatic carbocycles. The third-order valence-electron chi connectivity index (χ3n) is 2.57. The van der Waals surface area contributed by atoms with Crippen LogP contribution in [-0.2, 0) is 11.2 Å². The maximum absolute atomic E-state index is 5.82. The van der Waals surface area contributed by atoms with Crippen molar-refractivity contribution in [3.63, 3.8) is 0 Å². The molecule has 0 aliphatic heterocycles. The van der Waals surface area contributed by atoms with Gasteiger partial charge in [-0.3, -0.25) is 0 Å². The lowest BCUT2D eigenvalue weighted by Crippen LogP contribution is -2.22. The maximum atomic E-state index is 5.82. The lowest BCUT2D eigenvalue weighted by Gasteiger charge is -2.06. The van der Waals surface area contributed by atoms with Gasteiger partial charge >= 0.3 is 0 Å². The van der Waals surface area contributed by atoms with E-state index in [1.165, 1.54) is 12.0 Å².